The quantitative estimate of drug-likeness (QED) is 0.286. The number of hydrogen-bond donors (Lipinski definition) is 2. The second-order valence-electron chi connectivity index (χ2n) is 12.7. The standard InChI is InChI=1S/C33H39F3N4O3S/c1-43-31-19-26(44(2,41)42)13-14-29(31)37-17-4-6-25-18-27-28(7-3-8-30(27)40(25)22-33(34,35)36)38-23-9-11-24(12-10-23)39-20-32(21-39)15-5-16-32/h3,7-8,13-14,18-19,23-24,37-38H,5,9-12,15-17,20-22H2,1-2H3/t23-,24+. The highest BCUT2D eigenvalue weighted by Gasteiger charge is 2.49. The minimum Gasteiger partial charge on any atom is -0.495 e. The first-order chi connectivity index (χ1) is 20.9. The first-order valence-electron chi connectivity index (χ1n) is 15.2. The number of nitrogens with zero attached hydrogens (tertiary/aromatic N) is 2. The second-order valence-corrected chi connectivity index (χ2v) is 14.7. The Bertz CT molecular complexity index is 1690. The summed E-state index contributed by atoms with van der Waals surface area (Å²) in [6.45, 7) is 1.49. The van der Waals surface area contributed by atoms with Crippen molar-refractivity contribution in [1.82, 2.24) is 9.47 Å². The Balaban J connectivity index is 1.16. The van der Waals surface area contributed by atoms with Gasteiger partial charge in [-0.25, -0.2) is 8.42 Å². The van der Waals surface area contributed by atoms with E-state index in [0.717, 1.165) is 43.0 Å². The van der Waals surface area contributed by atoms with E-state index in [1.807, 2.05) is 6.07 Å². The number of anilines is 2. The van der Waals surface area contributed by atoms with Crippen LogP contribution in [0, 0.1) is 17.3 Å². The fourth-order valence-electron chi connectivity index (χ4n) is 7.06. The molecule has 3 aliphatic rings. The lowest BCUT2D eigenvalue weighted by atomic mass is 9.63. The van der Waals surface area contributed by atoms with Gasteiger partial charge in [-0.05, 0) is 80.2 Å². The van der Waals surface area contributed by atoms with Crippen LogP contribution in [0.2, 0.25) is 0 Å². The average molecular weight is 629 g/mol. The third-order valence-electron chi connectivity index (χ3n) is 9.53. The summed E-state index contributed by atoms with van der Waals surface area (Å²) in [6, 6.07) is 12.6. The van der Waals surface area contributed by atoms with Gasteiger partial charge in [0.2, 0.25) is 0 Å². The predicted molar refractivity (Wildman–Crippen MR) is 167 cm³/mol. The summed E-state index contributed by atoms with van der Waals surface area (Å²) >= 11 is 0. The molecule has 0 unspecified atom stereocenters. The molecule has 2 N–H and O–H groups in total. The van der Waals surface area contributed by atoms with E-state index in [0.29, 0.717) is 28.4 Å². The highest BCUT2D eigenvalue weighted by atomic mass is 32.2. The van der Waals surface area contributed by atoms with Crippen molar-refractivity contribution >= 4 is 32.1 Å². The number of sulfone groups is 1. The number of halogens is 3. The highest BCUT2D eigenvalue weighted by Crippen LogP contribution is 2.50. The molecule has 2 aromatic carbocycles. The van der Waals surface area contributed by atoms with Crippen LogP contribution in [0.3, 0.4) is 0 Å². The van der Waals surface area contributed by atoms with Crippen molar-refractivity contribution in [3.8, 4) is 17.6 Å². The first-order valence-corrected chi connectivity index (χ1v) is 17.1. The molecule has 2 heterocycles. The maximum Gasteiger partial charge on any atom is 0.406 e. The van der Waals surface area contributed by atoms with E-state index in [2.05, 4.69) is 27.4 Å². The van der Waals surface area contributed by atoms with Gasteiger partial charge in [-0.3, -0.25) is 4.90 Å². The molecule has 2 saturated carbocycles. The predicted octanol–water partition coefficient (Wildman–Crippen LogP) is 6.29. The maximum atomic E-state index is 13.7. The molecule has 2 aliphatic carbocycles. The molecule has 0 atom stereocenters. The molecular weight excluding hydrogens is 589 g/mol. The van der Waals surface area contributed by atoms with Gasteiger partial charge in [-0.15, -0.1) is 0 Å². The number of rotatable bonds is 8. The summed E-state index contributed by atoms with van der Waals surface area (Å²) in [5.41, 5.74) is 2.76. The Morgan fingerprint density at radius 1 is 1.05 bits per heavy atom. The van der Waals surface area contributed by atoms with E-state index in [9.17, 15) is 21.6 Å². The summed E-state index contributed by atoms with van der Waals surface area (Å²) in [5, 5.41) is 7.44. The molecule has 236 valence electrons. The number of aromatic nitrogens is 1. The van der Waals surface area contributed by atoms with Gasteiger partial charge < -0.3 is 19.9 Å². The van der Waals surface area contributed by atoms with Crippen LogP contribution in [0.1, 0.15) is 50.6 Å². The first kappa shape index (κ1) is 30.7. The minimum atomic E-state index is -4.41. The molecule has 7 nitrogen and oxygen atoms in total. The van der Waals surface area contributed by atoms with Crippen LogP contribution in [0.15, 0.2) is 47.4 Å². The van der Waals surface area contributed by atoms with Crippen molar-refractivity contribution in [2.45, 2.75) is 74.6 Å². The molecule has 0 radical (unpaired) electrons. The van der Waals surface area contributed by atoms with Crippen LogP contribution in [0.5, 0.6) is 5.75 Å². The number of hydrogen-bond acceptors (Lipinski definition) is 6. The van der Waals surface area contributed by atoms with Crippen LogP contribution in [-0.4, -0.2) is 69.1 Å². The van der Waals surface area contributed by atoms with Crippen LogP contribution >= 0.6 is 0 Å². The highest BCUT2D eigenvalue weighted by molar-refractivity contribution is 7.90. The van der Waals surface area contributed by atoms with Gasteiger partial charge in [0.05, 0.1) is 35.4 Å². The third-order valence-corrected chi connectivity index (χ3v) is 10.6. The molecule has 1 aliphatic heterocycles. The Hall–Kier alpha value is -3.36. The topological polar surface area (TPSA) is 75.6 Å². The molecule has 11 heteroatoms. The van der Waals surface area contributed by atoms with Gasteiger partial charge >= 0.3 is 6.18 Å². The van der Waals surface area contributed by atoms with E-state index in [-0.39, 0.29) is 23.2 Å². The monoisotopic (exact) mass is 628 g/mol. The Kier molecular flexibility index (Phi) is 8.26. The maximum absolute atomic E-state index is 13.7. The molecule has 6 rings (SSSR count). The lowest BCUT2D eigenvalue weighted by Crippen LogP contribution is -2.63. The summed E-state index contributed by atoms with van der Waals surface area (Å²) in [4.78, 5) is 2.78. The van der Waals surface area contributed by atoms with Crippen molar-refractivity contribution in [3.63, 3.8) is 0 Å². The lowest BCUT2D eigenvalue weighted by Gasteiger charge is -2.59. The summed E-state index contributed by atoms with van der Waals surface area (Å²) < 4.78 is 71.3. The zero-order chi connectivity index (χ0) is 31.1. The number of nitrogens with one attached hydrogen (secondary N) is 2. The average Bonchev–Trinajstić information content (AvgIpc) is 3.26. The van der Waals surface area contributed by atoms with Gasteiger partial charge in [0.1, 0.15) is 12.3 Å². The van der Waals surface area contributed by atoms with Crippen LogP contribution in [0.25, 0.3) is 10.9 Å². The van der Waals surface area contributed by atoms with Gasteiger partial charge in [0.15, 0.2) is 9.84 Å². The zero-order valence-corrected chi connectivity index (χ0v) is 26.0. The van der Waals surface area contributed by atoms with Crippen molar-refractivity contribution in [1.29, 1.82) is 0 Å². The van der Waals surface area contributed by atoms with Crippen molar-refractivity contribution < 1.29 is 26.3 Å². The SMILES string of the molecule is COc1cc(S(C)(=O)=O)ccc1NCC#Cc1cc2c(N[C@H]3CC[C@@H](N4CC5(CCC5)C4)CC3)cccc2n1CC(F)(F)F. The molecule has 0 amide bonds. The number of likely N-dealkylation sites (tertiary alicyclic amines) is 1. The Morgan fingerprint density at radius 3 is 2.43 bits per heavy atom. The molecule has 3 fully saturated rings. The number of benzene rings is 2. The van der Waals surface area contributed by atoms with Gasteiger partial charge in [0, 0.05) is 48.6 Å². The summed E-state index contributed by atoms with van der Waals surface area (Å²) in [6.07, 6.45) is 5.23. The molecule has 44 heavy (non-hydrogen) atoms. The van der Waals surface area contributed by atoms with E-state index in [4.69, 9.17) is 4.74 Å². The molecule has 3 aromatic rings. The van der Waals surface area contributed by atoms with Gasteiger partial charge in [-0.1, -0.05) is 18.4 Å². The number of alkyl halides is 3. The molecular formula is C33H39F3N4O3S. The van der Waals surface area contributed by atoms with Gasteiger partial charge in [-0.2, -0.15) is 13.2 Å². The number of ether oxygens (including phenoxy) is 1. The van der Waals surface area contributed by atoms with Crippen molar-refractivity contribution in [3.05, 3.63) is 48.2 Å². The van der Waals surface area contributed by atoms with Crippen LogP contribution in [0.4, 0.5) is 24.5 Å². The second kappa shape index (κ2) is 11.9. The normalized spacial score (nSPS) is 21.7. The molecule has 1 spiro atoms. The lowest BCUT2D eigenvalue weighted by molar-refractivity contribution is -0.140. The fourth-order valence-corrected chi connectivity index (χ4v) is 7.69. The molecule has 1 saturated heterocycles. The Morgan fingerprint density at radius 2 is 1.80 bits per heavy atom. The largest absolute Gasteiger partial charge is 0.495 e. The summed E-state index contributed by atoms with van der Waals surface area (Å²) in [5.74, 6) is 6.19. The third kappa shape index (κ3) is 6.52. The fraction of sp³-hybridized carbons (Fsp3) is 0.515. The van der Waals surface area contributed by atoms with Crippen LogP contribution in [-0.2, 0) is 16.4 Å². The van der Waals surface area contributed by atoms with E-state index >= 15 is 0 Å². The van der Waals surface area contributed by atoms with E-state index in [1.54, 1.807) is 24.3 Å². The smallest absolute Gasteiger partial charge is 0.406 e. The Labute approximate surface area is 257 Å². The zero-order valence-electron chi connectivity index (χ0n) is 25.1. The van der Waals surface area contributed by atoms with Crippen molar-refractivity contribution in [2.24, 2.45) is 5.41 Å². The van der Waals surface area contributed by atoms with Crippen LogP contribution < -0.4 is 15.4 Å². The van der Waals surface area contributed by atoms with Crippen molar-refractivity contribution in [2.75, 3.05) is 43.6 Å². The number of fused-ring (bicyclic) bond motifs is 1. The minimum absolute atomic E-state index is 0.120. The van der Waals surface area contributed by atoms with E-state index < -0.39 is 22.6 Å². The van der Waals surface area contributed by atoms with E-state index in [1.165, 1.54) is 56.2 Å². The molecule has 1 aromatic heterocycles. The number of methoxy groups -OCH3 is 1. The summed E-state index contributed by atoms with van der Waals surface area (Å²) in [7, 11) is -1.97. The molecule has 0 bridgehead atoms. The van der Waals surface area contributed by atoms with Gasteiger partial charge in [0.25, 0.3) is 0 Å².